The minimum Gasteiger partial charge on any atom is -0.350 e. The Morgan fingerprint density at radius 1 is 1.32 bits per heavy atom. The standard InChI is InChI=1S/C17H16N4O4/c1-9(2)18-16(22)13-8-14(19-17-15(13)10(3)20-25-17)11-5-4-6-12(7-11)21(23)24/h4-9H,1-3H3,(H,18,22). The number of rotatable bonds is 4. The number of aromatic nitrogens is 2. The molecule has 0 unspecified atom stereocenters. The van der Waals surface area contributed by atoms with E-state index in [1.807, 2.05) is 13.8 Å². The van der Waals surface area contributed by atoms with Crippen LogP contribution in [0.5, 0.6) is 0 Å². The maximum Gasteiger partial charge on any atom is 0.270 e. The van der Waals surface area contributed by atoms with Gasteiger partial charge in [-0.15, -0.1) is 0 Å². The van der Waals surface area contributed by atoms with Crippen LogP contribution in [0.3, 0.4) is 0 Å². The number of nitro groups is 1. The zero-order valence-corrected chi connectivity index (χ0v) is 13.9. The number of fused-ring (bicyclic) bond motifs is 1. The molecule has 25 heavy (non-hydrogen) atoms. The summed E-state index contributed by atoms with van der Waals surface area (Å²) < 4.78 is 5.21. The van der Waals surface area contributed by atoms with Crippen molar-refractivity contribution in [3.05, 3.63) is 51.7 Å². The van der Waals surface area contributed by atoms with Gasteiger partial charge in [0.05, 0.1) is 27.3 Å². The van der Waals surface area contributed by atoms with Crippen LogP contribution in [0.1, 0.15) is 29.9 Å². The zero-order chi connectivity index (χ0) is 18.1. The number of aryl methyl sites for hydroxylation is 1. The molecule has 0 spiro atoms. The molecule has 0 saturated carbocycles. The van der Waals surface area contributed by atoms with Gasteiger partial charge in [-0.05, 0) is 26.8 Å². The van der Waals surface area contributed by atoms with Gasteiger partial charge in [0.15, 0.2) is 0 Å². The van der Waals surface area contributed by atoms with Gasteiger partial charge in [0.2, 0.25) is 0 Å². The van der Waals surface area contributed by atoms with E-state index in [1.165, 1.54) is 12.1 Å². The van der Waals surface area contributed by atoms with Gasteiger partial charge >= 0.3 is 0 Å². The molecule has 0 atom stereocenters. The number of hydrogen-bond donors (Lipinski definition) is 1. The Morgan fingerprint density at radius 3 is 2.76 bits per heavy atom. The average Bonchev–Trinajstić information content (AvgIpc) is 2.95. The van der Waals surface area contributed by atoms with Crippen molar-refractivity contribution >= 4 is 22.7 Å². The molecule has 0 aliphatic rings. The molecule has 128 valence electrons. The molecular weight excluding hydrogens is 324 g/mol. The first-order valence-corrected chi connectivity index (χ1v) is 7.69. The highest BCUT2D eigenvalue weighted by molar-refractivity contribution is 6.07. The molecule has 1 N–H and O–H groups in total. The SMILES string of the molecule is Cc1noc2nc(-c3cccc([N+](=O)[O-])c3)cc(C(=O)NC(C)C)c12. The maximum atomic E-state index is 12.6. The second kappa shape index (κ2) is 6.31. The molecule has 1 amide bonds. The molecule has 1 aromatic carbocycles. The third kappa shape index (κ3) is 3.18. The van der Waals surface area contributed by atoms with Crippen molar-refractivity contribution in [3.8, 4) is 11.3 Å². The Bertz CT molecular complexity index is 978. The van der Waals surface area contributed by atoms with Crippen molar-refractivity contribution in [2.75, 3.05) is 0 Å². The Balaban J connectivity index is 2.19. The van der Waals surface area contributed by atoms with E-state index in [9.17, 15) is 14.9 Å². The summed E-state index contributed by atoms with van der Waals surface area (Å²) in [6, 6.07) is 7.61. The van der Waals surface area contributed by atoms with Gasteiger partial charge in [0, 0.05) is 23.7 Å². The molecule has 2 aromatic heterocycles. The number of non-ortho nitro benzene ring substituents is 1. The van der Waals surface area contributed by atoms with Gasteiger partial charge in [0.25, 0.3) is 17.3 Å². The third-order valence-corrected chi connectivity index (χ3v) is 3.63. The minimum absolute atomic E-state index is 0.0443. The minimum atomic E-state index is -0.479. The summed E-state index contributed by atoms with van der Waals surface area (Å²) in [5.74, 6) is -0.277. The summed E-state index contributed by atoms with van der Waals surface area (Å²) in [5.41, 5.74) is 2.02. The van der Waals surface area contributed by atoms with Crippen LogP contribution in [-0.4, -0.2) is 27.0 Å². The third-order valence-electron chi connectivity index (χ3n) is 3.63. The zero-order valence-electron chi connectivity index (χ0n) is 13.9. The van der Waals surface area contributed by atoms with Gasteiger partial charge in [-0.3, -0.25) is 14.9 Å². The fraction of sp³-hybridized carbons (Fsp3) is 0.235. The Morgan fingerprint density at radius 2 is 2.08 bits per heavy atom. The molecule has 0 aliphatic carbocycles. The van der Waals surface area contributed by atoms with Gasteiger partial charge < -0.3 is 9.84 Å². The Hall–Kier alpha value is -3.29. The number of nitrogens with one attached hydrogen (secondary N) is 1. The Kier molecular flexibility index (Phi) is 4.18. The summed E-state index contributed by atoms with van der Waals surface area (Å²) in [4.78, 5) is 27.4. The number of carbonyl (C=O) groups excluding carboxylic acids is 1. The lowest BCUT2D eigenvalue weighted by Crippen LogP contribution is -2.30. The maximum absolute atomic E-state index is 12.6. The average molecular weight is 340 g/mol. The quantitative estimate of drug-likeness (QED) is 0.576. The van der Waals surface area contributed by atoms with Crippen molar-refractivity contribution in [3.63, 3.8) is 0 Å². The van der Waals surface area contributed by atoms with Gasteiger partial charge in [-0.1, -0.05) is 17.3 Å². The molecule has 0 radical (unpaired) electrons. The number of carbonyl (C=O) groups is 1. The molecule has 0 fully saturated rings. The van der Waals surface area contributed by atoms with Crippen LogP contribution in [0.25, 0.3) is 22.4 Å². The van der Waals surface area contributed by atoms with E-state index in [2.05, 4.69) is 15.5 Å². The first-order chi connectivity index (χ1) is 11.9. The highest BCUT2D eigenvalue weighted by Gasteiger charge is 2.20. The smallest absolute Gasteiger partial charge is 0.270 e. The number of nitrogens with zero attached hydrogens (tertiary/aromatic N) is 3. The summed E-state index contributed by atoms with van der Waals surface area (Å²) in [6.45, 7) is 5.45. The van der Waals surface area contributed by atoms with Crippen molar-refractivity contribution in [2.45, 2.75) is 26.8 Å². The van der Waals surface area contributed by atoms with Gasteiger partial charge in [0.1, 0.15) is 0 Å². The molecule has 8 heteroatoms. The summed E-state index contributed by atoms with van der Waals surface area (Å²) in [6.07, 6.45) is 0. The van der Waals surface area contributed by atoms with Crippen molar-refractivity contribution in [1.82, 2.24) is 15.5 Å². The topological polar surface area (TPSA) is 111 Å². The van der Waals surface area contributed by atoms with E-state index in [4.69, 9.17) is 4.52 Å². The number of amides is 1. The van der Waals surface area contributed by atoms with Crippen LogP contribution in [0.15, 0.2) is 34.9 Å². The predicted octanol–water partition coefficient (Wildman–Crippen LogP) is 3.24. The molecular formula is C17H16N4O4. The summed E-state index contributed by atoms with van der Waals surface area (Å²) in [5, 5.41) is 18.2. The van der Waals surface area contributed by atoms with Crippen LogP contribution in [-0.2, 0) is 0 Å². The first-order valence-electron chi connectivity index (χ1n) is 7.69. The first kappa shape index (κ1) is 16.6. The normalized spacial score (nSPS) is 11.0. The van der Waals surface area contributed by atoms with E-state index < -0.39 is 4.92 Å². The van der Waals surface area contributed by atoms with Crippen LogP contribution in [0.4, 0.5) is 5.69 Å². The van der Waals surface area contributed by atoms with Crippen LogP contribution < -0.4 is 5.32 Å². The second-order valence-electron chi connectivity index (χ2n) is 5.94. The molecule has 0 aliphatic heterocycles. The summed E-state index contributed by atoms with van der Waals surface area (Å²) in [7, 11) is 0. The number of hydrogen-bond acceptors (Lipinski definition) is 6. The Labute approximate surface area is 143 Å². The lowest BCUT2D eigenvalue weighted by molar-refractivity contribution is -0.384. The van der Waals surface area contributed by atoms with Crippen molar-refractivity contribution < 1.29 is 14.2 Å². The van der Waals surface area contributed by atoms with Crippen LogP contribution in [0.2, 0.25) is 0 Å². The molecule has 2 heterocycles. The van der Waals surface area contributed by atoms with Gasteiger partial charge in [-0.2, -0.15) is 0 Å². The van der Waals surface area contributed by atoms with E-state index >= 15 is 0 Å². The predicted molar refractivity (Wildman–Crippen MR) is 91.2 cm³/mol. The lowest BCUT2D eigenvalue weighted by Gasteiger charge is -2.10. The fourth-order valence-electron chi connectivity index (χ4n) is 2.54. The molecule has 8 nitrogen and oxygen atoms in total. The lowest BCUT2D eigenvalue weighted by atomic mass is 10.0. The fourth-order valence-corrected chi connectivity index (χ4v) is 2.54. The van der Waals surface area contributed by atoms with Crippen molar-refractivity contribution in [2.24, 2.45) is 0 Å². The molecule has 3 aromatic rings. The molecule has 0 bridgehead atoms. The molecule has 3 rings (SSSR count). The number of benzene rings is 1. The summed E-state index contributed by atoms with van der Waals surface area (Å²) >= 11 is 0. The highest BCUT2D eigenvalue weighted by atomic mass is 16.6. The monoisotopic (exact) mass is 340 g/mol. The number of pyridine rings is 1. The van der Waals surface area contributed by atoms with E-state index in [0.29, 0.717) is 27.9 Å². The second-order valence-corrected chi connectivity index (χ2v) is 5.94. The van der Waals surface area contributed by atoms with E-state index in [-0.39, 0.29) is 23.3 Å². The van der Waals surface area contributed by atoms with Crippen molar-refractivity contribution in [1.29, 1.82) is 0 Å². The number of nitro benzene ring substituents is 1. The largest absolute Gasteiger partial charge is 0.350 e. The van der Waals surface area contributed by atoms with E-state index in [1.54, 1.807) is 25.1 Å². The van der Waals surface area contributed by atoms with Crippen LogP contribution in [0, 0.1) is 17.0 Å². The highest BCUT2D eigenvalue weighted by Crippen LogP contribution is 2.28. The molecule has 0 saturated heterocycles. The van der Waals surface area contributed by atoms with Crippen LogP contribution >= 0.6 is 0 Å². The van der Waals surface area contributed by atoms with E-state index in [0.717, 1.165) is 0 Å². The van der Waals surface area contributed by atoms with Gasteiger partial charge in [-0.25, -0.2) is 4.98 Å².